The van der Waals surface area contributed by atoms with Crippen LogP contribution in [0.25, 0.3) is 6.08 Å². The highest BCUT2D eigenvalue weighted by Crippen LogP contribution is 2.11. The van der Waals surface area contributed by atoms with Gasteiger partial charge in [0.25, 0.3) is 0 Å². The molecule has 0 fully saturated rings. The van der Waals surface area contributed by atoms with Crippen LogP contribution in [0.2, 0.25) is 0 Å². The van der Waals surface area contributed by atoms with Crippen LogP contribution in [0.5, 0.6) is 0 Å². The van der Waals surface area contributed by atoms with E-state index in [0.717, 1.165) is 11.3 Å². The van der Waals surface area contributed by atoms with Gasteiger partial charge in [0.15, 0.2) is 0 Å². The van der Waals surface area contributed by atoms with E-state index in [2.05, 4.69) is 10.3 Å². The Bertz CT molecular complexity index is 386. The molecule has 0 bridgehead atoms. The Morgan fingerprint density at radius 3 is 2.87 bits per heavy atom. The summed E-state index contributed by atoms with van der Waals surface area (Å²) in [5, 5.41) is 11.2. The van der Waals surface area contributed by atoms with Gasteiger partial charge in [0.1, 0.15) is 5.82 Å². The topological polar surface area (TPSA) is 62.2 Å². The fourth-order valence-corrected chi connectivity index (χ4v) is 1.18. The number of hydrogen-bond donors (Lipinski definition) is 2. The third kappa shape index (κ3) is 3.52. The normalized spacial score (nSPS) is 10.6. The molecule has 0 saturated carbocycles. The highest BCUT2D eigenvalue weighted by Gasteiger charge is 2.00. The SMILES string of the molecule is CC(=O)Nc1ccc(C=CCO)c(C)n1. The predicted molar refractivity (Wildman–Crippen MR) is 59.4 cm³/mol. The summed E-state index contributed by atoms with van der Waals surface area (Å²) < 4.78 is 0. The number of aryl methyl sites for hydroxylation is 1. The predicted octanol–water partition coefficient (Wildman–Crippen LogP) is 1.35. The largest absolute Gasteiger partial charge is 0.392 e. The zero-order valence-corrected chi connectivity index (χ0v) is 8.82. The Morgan fingerprint density at radius 2 is 2.33 bits per heavy atom. The molecule has 0 aliphatic carbocycles. The second kappa shape index (κ2) is 5.26. The molecule has 80 valence electrons. The van der Waals surface area contributed by atoms with Crippen molar-refractivity contribution in [3.05, 3.63) is 29.5 Å². The number of rotatable bonds is 3. The maximum absolute atomic E-state index is 10.8. The molecule has 0 saturated heterocycles. The molecule has 0 atom stereocenters. The maximum Gasteiger partial charge on any atom is 0.222 e. The van der Waals surface area contributed by atoms with Crippen LogP contribution in [0.15, 0.2) is 18.2 Å². The van der Waals surface area contributed by atoms with Gasteiger partial charge in [-0.1, -0.05) is 12.2 Å². The molecule has 0 aromatic carbocycles. The lowest BCUT2D eigenvalue weighted by molar-refractivity contribution is -0.114. The van der Waals surface area contributed by atoms with E-state index in [0.29, 0.717) is 5.82 Å². The number of nitrogens with one attached hydrogen (secondary N) is 1. The molecule has 15 heavy (non-hydrogen) atoms. The summed E-state index contributed by atoms with van der Waals surface area (Å²) in [5.74, 6) is 0.404. The third-order valence-corrected chi connectivity index (χ3v) is 1.83. The van der Waals surface area contributed by atoms with Crippen LogP contribution in [-0.2, 0) is 4.79 Å². The molecule has 1 heterocycles. The van der Waals surface area contributed by atoms with Crippen molar-refractivity contribution in [1.82, 2.24) is 4.98 Å². The Morgan fingerprint density at radius 1 is 1.60 bits per heavy atom. The van der Waals surface area contributed by atoms with Crippen LogP contribution in [0, 0.1) is 6.92 Å². The van der Waals surface area contributed by atoms with E-state index < -0.39 is 0 Å². The summed E-state index contributed by atoms with van der Waals surface area (Å²) in [4.78, 5) is 15.0. The van der Waals surface area contributed by atoms with Crippen molar-refractivity contribution in [3.63, 3.8) is 0 Å². The standard InChI is InChI=1S/C11H14N2O2/c1-8-10(4-3-7-14)5-6-11(12-8)13-9(2)15/h3-6,14H,7H2,1-2H3,(H,12,13,15). The molecule has 0 aliphatic heterocycles. The van der Waals surface area contributed by atoms with Crippen molar-refractivity contribution < 1.29 is 9.90 Å². The molecule has 0 unspecified atom stereocenters. The van der Waals surface area contributed by atoms with E-state index in [1.54, 1.807) is 18.2 Å². The second-order valence-electron chi connectivity index (χ2n) is 3.14. The molecule has 0 aliphatic rings. The highest BCUT2D eigenvalue weighted by atomic mass is 16.2. The number of aliphatic hydroxyl groups is 1. The Labute approximate surface area is 88.7 Å². The van der Waals surface area contributed by atoms with E-state index in [4.69, 9.17) is 5.11 Å². The summed E-state index contributed by atoms with van der Waals surface area (Å²) in [7, 11) is 0. The molecule has 1 aromatic rings. The van der Waals surface area contributed by atoms with E-state index >= 15 is 0 Å². The van der Waals surface area contributed by atoms with Gasteiger partial charge in [-0.3, -0.25) is 4.79 Å². The molecule has 0 spiro atoms. The number of anilines is 1. The summed E-state index contributed by atoms with van der Waals surface area (Å²) in [6, 6.07) is 3.57. The molecule has 4 heteroatoms. The van der Waals surface area contributed by atoms with Gasteiger partial charge in [0, 0.05) is 12.6 Å². The molecule has 1 aromatic heterocycles. The molecule has 4 nitrogen and oxygen atoms in total. The lowest BCUT2D eigenvalue weighted by Crippen LogP contribution is -2.08. The number of hydrogen-bond acceptors (Lipinski definition) is 3. The zero-order valence-electron chi connectivity index (χ0n) is 8.82. The quantitative estimate of drug-likeness (QED) is 0.784. The first kappa shape index (κ1) is 11.4. The van der Waals surface area contributed by atoms with Crippen molar-refractivity contribution in [2.75, 3.05) is 11.9 Å². The van der Waals surface area contributed by atoms with Crippen molar-refractivity contribution in [2.24, 2.45) is 0 Å². The van der Waals surface area contributed by atoms with E-state index in [1.807, 2.05) is 13.0 Å². The number of aromatic nitrogens is 1. The van der Waals surface area contributed by atoms with Gasteiger partial charge in [-0.25, -0.2) is 4.98 Å². The molecule has 1 amide bonds. The Kier molecular flexibility index (Phi) is 4.00. The number of aliphatic hydroxyl groups excluding tert-OH is 1. The minimum absolute atomic E-state index is 0.00683. The van der Waals surface area contributed by atoms with E-state index in [9.17, 15) is 4.79 Å². The van der Waals surface area contributed by atoms with E-state index in [1.165, 1.54) is 6.92 Å². The maximum atomic E-state index is 10.8. The van der Waals surface area contributed by atoms with Crippen molar-refractivity contribution in [2.45, 2.75) is 13.8 Å². The number of nitrogens with zero attached hydrogens (tertiary/aromatic N) is 1. The van der Waals surface area contributed by atoms with E-state index in [-0.39, 0.29) is 12.5 Å². The number of amides is 1. The minimum Gasteiger partial charge on any atom is -0.392 e. The molecule has 0 radical (unpaired) electrons. The lowest BCUT2D eigenvalue weighted by Gasteiger charge is -2.04. The minimum atomic E-state index is -0.138. The smallest absolute Gasteiger partial charge is 0.222 e. The van der Waals surface area contributed by atoms with Crippen molar-refractivity contribution in [1.29, 1.82) is 0 Å². The summed E-state index contributed by atoms with van der Waals surface area (Å²) in [5.41, 5.74) is 1.74. The van der Waals surface area contributed by atoms with Gasteiger partial charge in [-0.2, -0.15) is 0 Å². The third-order valence-electron chi connectivity index (χ3n) is 1.83. The van der Waals surface area contributed by atoms with Crippen molar-refractivity contribution in [3.8, 4) is 0 Å². The molecule has 2 N–H and O–H groups in total. The molecule has 1 rings (SSSR count). The summed E-state index contributed by atoms with van der Waals surface area (Å²) in [6.07, 6.45) is 3.43. The first-order chi connectivity index (χ1) is 7.13. The van der Waals surface area contributed by atoms with Crippen LogP contribution >= 0.6 is 0 Å². The van der Waals surface area contributed by atoms with Crippen molar-refractivity contribution >= 4 is 17.8 Å². The number of pyridine rings is 1. The fourth-order valence-electron chi connectivity index (χ4n) is 1.18. The first-order valence-electron chi connectivity index (χ1n) is 4.66. The Balaban J connectivity index is 2.87. The zero-order chi connectivity index (χ0) is 11.3. The average molecular weight is 206 g/mol. The highest BCUT2D eigenvalue weighted by molar-refractivity contribution is 5.87. The van der Waals surface area contributed by atoms with Gasteiger partial charge in [-0.15, -0.1) is 0 Å². The number of carbonyl (C=O) groups excluding carboxylic acids is 1. The first-order valence-corrected chi connectivity index (χ1v) is 4.66. The van der Waals surface area contributed by atoms with Gasteiger partial charge < -0.3 is 10.4 Å². The van der Waals surface area contributed by atoms with Gasteiger partial charge in [0.2, 0.25) is 5.91 Å². The van der Waals surface area contributed by atoms with Gasteiger partial charge >= 0.3 is 0 Å². The molecular weight excluding hydrogens is 192 g/mol. The van der Waals surface area contributed by atoms with Crippen LogP contribution < -0.4 is 5.32 Å². The summed E-state index contributed by atoms with van der Waals surface area (Å²) in [6.45, 7) is 3.30. The monoisotopic (exact) mass is 206 g/mol. The van der Waals surface area contributed by atoms with Crippen LogP contribution in [0.1, 0.15) is 18.2 Å². The lowest BCUT2D eigenvalue weighted by atomic mass is 10.2. The van der Waals surface area contributed by atoms with Crippen LogP contribution in [0.4, 0.5) is 5.82 Å². The molecular formula is C11H14N2O2. The second-order valence-corrected chi connectivity index (χ2v) is 3.14. The van der Waals surface area contributed by atoms with Gasteiger partial charge in [-0.05, 0) is 24.6 Å². The Hall–Kier alpha value is -1.68. The van der Waals surface area contributed by atoms with Crippen LogP contribution in [-0.4, -0.2) is 22.6 Å². The fraction of sp³-hybridized carbons (Fsp3) is 0.273. The summed E-state index contributed by atoms with van der Waals surface area (Å²) >= 11 is 0. The van der Waals surface area contributed by atoms with Gasteiger partial charge in [0.05, 0.1) is 6.61 Å². The average Bonchev–Trinajstić information content (AvgIpc) is 2.15. The number of carbonyl (C=O) groups is 1. The van der Waals surface area contributed by atoms with Crippen LogP contribution in [0.3, 0.4) is 0 Å².